The molecule has 0 unspecified atom stereocenters. The molecule has 2 heterocycles. The maximum Gasteiger partial charge on any atom is 0.274 e. The predicted molar refractivity (Wildman–Crippen MR) is 110 cm³/mol. The molecule has 1 aromatic heterocycles. The fourth-order valence-electron chi connectivity index (χ4n) is 3.36. The first-order valence-electron chi connectivity index (χ1n) is 9.13. The maximum absolute atomic E-state index is 12.6. The monoisotopic (exact) mass is 361 g/mol. The fraction of sp³-hybridized carbons (Fsp3) is 0.238. The SMILES string of the molecule is Cc1ccc(NC(=O)c2cc3ccc(N4CCNCC4)cc3cn2)c(N)c1. The number of nitrogens with one attached hydrogen (secondary N) is 2. The Morgan fingerprint density at radius 1 is 1.11 bits per heavy atom. The smallest absolute Gasteiger partial charge is 0.274 e. The van der Waals surface area contributed by atoms with Crippen molar-refractivity contribution in [1.29, 1.82) is 0 Å². The Bertz CT molecular complexity index is 995. The van der Waals surface area contributed by atoms with Crippen molar-refractivity contribution in [2.24, 2.45) is 0 Å². The number of nitrogen functional groups attached to an aromatic ring is 1. The van der Waals surface area contributed by atoms with Crippen LogP contribution in [0.3, 0.4) is 0 Å². The van der Waals surface area contributed by atoms with Gasteiger partial charge in [0.25, 0.3) is 5.91 Å². The van der Waals surface area contributed by atoms with Gasteiger partial charge in [-0.05, 0) is 48.2 Å². The molecule has 1 fully saturated rings. The molecule has 1 saturated heterocycles. The van der Waals surface area contributed by atoms with Gasteiger partial charge in [-0.15, -0.1) is 0 Å². The molecular weight excluding hydrogens is 338 g/mol. The van der Waals surface area contributed by atoms with E-state index in [0.717, 1.165) is 42.5 Å². The van der Waals surface area contributed by atoms with Gasteiger partial charge in [-0.3, -0.25) is 9.78 Å². The zero-order valence-electron chi connectivity index (χ0n) is 15.3. The zero-order valence-corrected chi connectivity index (χ0v) is 15.3. The Morgan fingerprint density at radius 2 is 1.93 bits per heavy atom. The number of aryl methyl sites for hydroxylation is 1. The molecule has 27 heavy (non-hydrogen) atoms. The van der Waals surface area contributed by atoms with Gasteiger partial charge < -0.3 is 21.3 Å². The van der Waals surface area contributed by atoms with Gasteiger partial charge in [0.2, 0.25) is 0 Å². The second-order valence-corrected chi connectivity index (χ2v) is 6.88. The summed E-state index contributed by atoms with van der Waals surface area (Å²) in [6.07, 6.45) is 1.76. The number of amides is 1. The van der Waals surface area contributed by atoms with E-state index in [-0.39, 0.29) is 5.91 Å². The first-order valence-corrected chi connectivity index (χ1v) is 9.13. The molecule has 0 saturated carbocycles. The quantitative estimate of drug-likeness (QED) is 0.625. The highest BCUT2D eigenvalue weighted by Gasteiger charge is 2.13. The molecule has 0 radical (unpaired) electrons. The molecule has 6 nitrogen and oxygen atoms in total. The molecule has 0 spiro atoms. The first kappa shape index (κ1) is 17.3. The minimum Gasteiger partial charge on any atom is -0.397 e. The Balaban J connectivity index is 1.56. The van der Waals surface area contributed by atoms with Gasteiger partial charge in [-0.1, -0.05) is 12.1 Å². The minimum absolute atomic E-state index is 0.265. The summed E-state index contributed by atoms with van der Waals surface area (Å²) in [5, 5.41) is 8.22. The Labute approximate surface area is 158 Å². The van der Waals surface area contributed by atoms with Crippen LogP contribution in [-0.2, 0) is 0 Å². The number of nitrogens with zero attached hydrogens (tertiary/aromatic N) is 2. The predicted octanol–water partition coefficient (Wildman–Crippen LogP) is 2.79. The summed E-state index contributed by atoms with van der Waals surface area (Å²) < 4.78 is 0. The lowest BCUT2D eigenvalue weighted by atomic mass is 10.1. The molecule has 0 atom stereocenters. The fourth-order valence-corrected chi connectivity index (χ4v) is 3.36. The highest BCUT2D eigenvalue weighted by molar-refractivity contribution is 6.06. The van der Waals surface area contributed by atoms with Crippen LogP contribution < -0.4 is 21.3 Å². The van der Waals surface area contributed by atoms with E-state index in [1.807, 2.05) is 37.3 Å². The van der Waals surface area contributed by atoms with Crippen LogP contribution in [0.15, 0.2) is 48.7 Å². The number of anilines is 3. The molecule has 4 rings (SSSR count). The van der Waals surface area contributed by atoms with Gasteiger partial charge in [0.1, 0.15) is 5.69 Å². The molecule has 3 aromatic rings. The number of carbonyl (C=O) groups excluding carboxylic acids is 1. The highest BCUT2D eigenvalue weighted by atomic mass is 16.1. The zero-order chi connectivity index (χ0) is 18.8. The summed E-state index contributed by atoms with van der Waals surface area (Å²) >= 11 is 0. The van der Waals surface area contributed by atoms with Crippen molar-refractivity contribution in [2.45, 2.75) is 6.92 Å². The van der Waals surface area contributed by atoms with Gasteiger partial charge in [0.05, 0.1) is 11.4 Å². The van der Waals surface area contributed by atoms with E-state index in [1.165, 1.54) is 5.69 Å². The number of fused-ring (bicyclic) bond motifs is 1. The van der Waals surface area contributed by atoms with Crippen LogP contribution in [0.5, 0.6) is 0 Å². The van der Waals surface area contributed by atoms with E-state index < -0.39 is 0 Å². The van der Waals surface area contributed by atoms with Crippen LogP contribution in [0.1, 0.15) is 16.1 Å². The molecule has 1 amide bonds. The number of nitrogens with two attached hydrogens (primary N) is 1. The number of aromatic nitrogens is 1. The van der Waals surface area contributed by atoms with E-state index in [1.54, 1.807) is 6.20 Å². The van der Waals surface area contributed by atoms with Gasteiger partial charge >= 0.3 is 0 Å². The molecule has 0 aliphatic carbocycles. The second kappa shape index (κ2) is 7.25. The van der Waals surface area contributed by atoms with Crippen molar-refractivity contribution >= 4 is 33.7 Å². The molecule has 2 aromatic carbocycles. The third-order valence-electron chi connectivity index (χ3n) is 4.88. The summed E-state index contributed by atoms with van der Waals surface area (Å²) in [5.74, 6) is -0.265. The summed E-state index contributed by atoms with van der Waals surface area (Å²) in [6, 6.07) is 13.7. The number of hydrogen-bond donors (Lipinski definition) is 3. The minimum atomic E-state index is -0.265. The summed E-state index contributed by atoms with van der Waals surface area (Å²) in [5.41, 5.74) is 9.74. The number of rotatable bonds is 3. The Morgan fingerprint density at radius 3 is 2.70 bits per heavy atom. The van der Waals surface area contributed by atoms with Crippen LogP contribution in [0.2, 0.25) is 0 Å². The molecule has 1 aliphatic rings. The molecular formula is C21H23N5O. The molecule has 6 heteroatoms. The van der Waals surface area contributed by atoms with E-state index in [0.29, 0.717) is 17.1 Å². The molecule has 138 valence electrons. The van der Waals surface area contributed by atoms with Crippen molar-refractivity contribution in [3.05, 3.63) is 59.9 Å². The van der Waals surface area contributed by atoms with Crippen LogP contribution in [0, 0.1) is 6.92 Å². The lowest BCUT2D eigenvalue weighted by Gasteiger charge is -2.29. The van der Waals surface area contributed by atoms with Crippen molar-refractivity contribution in [3.63, 3.8) is 0 Å². The van der Waals surface area contributed by atoms with Gasteiger partial charge in [-0.25, -0.2) is 0 Å². The number of hydrogen-bond acceptors (Lipinski definition) is 5. The summed E-state index contributed by atoms with van der Waals surface area (Å²) in [7, 11) is 0. The number of pyridine rings is 1. The lowest BCUT2D eigenvalue weighted by Crippen LogP contribution is -2.43. The van der Waals surface area contributed by atoms with Crippen molar-refractivity contribution in [3.8, 4) is 0 Å². The van der Waals surface area contributed by atoms with Crippen LogP contribution in [0.4, 0.5) is 17.1 Å². The summed E-state index contributed by atoms with van der Waals surface area (Å²) in [4.78, 5) is 19.3. The average Bonchev–Trinajstić information content (AvgIpc) is 2.70. The van der Waals surface area contributed by atoms with Gasteiger partial charge in [0, 0.05) is 43.4 Å². The lowest BCUT2D eigenvalue weighted by molar-refractivity contribution is 0.102. The van der Waals surface area contributed by atoms with Crippen molar-refractivity contribution < 1.29 is 4.79 Å². The molecule has 0 bridgehead atoms. The third-order valence-corrected chi connectivity index (χ3v) is 4.88. The number of piperazine rings is 1. The van der Waals surface area contributed by atoms with Crippen molar-refractivity contribution in [1.82, 2.24) is 10.3 Å². The largest absolute Gasteiger partial charge is 0.397 e. The first-order chi connectivity index (χ1) is 13.1. The maximum atomic E-state index is 12.6. The normalized spacial score (nSPS) is 14.3. The molecule has 4 N–H and O–H groups in total. The second-order valence-electron chi connectivity index (χ2n) is 6.88. The van der Waals surface area contributed by atoms with Gasteiger partial charge in [-0.2, -0.15) is 0 Å². The standard InChI is InChI=1S/C21H23N5O/c1-14-2-5-19(18(22)10-14)25-21(27)20-12-15-3-4-17(11-16(15)13-24-20)26-8-6-23-7-9-26/h2-5,10-13,23H,6-9,22H2,1H3,(H,25,27). The average molecular weight is 361 g/mol. The number of carbonyl (C=O) groups is 1. The third kappa shape index (κ3) is 3.71. The topological polar surface area (TPSA) is 83.3 Å². The van der Waals surface area contributed by atoms with Crippen LogP contribution in [-0.4, -0.2) is 37.1 Å². The highest BCUT2D eigenvalue weighted by Crippen LogP contribution is 2.24. The Hall–Kier alpha value is -3.12. The van der Waals surface area contributed by atoms with E-state index in [4.69, 9.17) is 5.73 Å². The van der Waals surface area contributed by atoms with Gasteiger partial charge in [0.15, 0.2) is 0 Å². The number of benzene rings is 2. The van der Waals surface area contributed by atoms with E-state index in [9.17, 15) is 4.79 Å². The Kier molecular flexibility index (Phi) is 4.64. The van der Waals surface area contributed by atoms with E-state index in [2.05, 4.69) is 32.7 Å². The van der Waals surface area contributed by atoms with Crippen LogP contribution in [0.25, 0.3) is 10.8 Å². The molecule has 1 aliphatic heterocycles. The summed E-state index contributed by atoms with van der Waals surface area (Å²) in [6.45, 7) is 5.95. The van der Waals surface area contributed by atoms with Crippen molar-refractivity contribution in [2.75, 3.05) is 42.1 Å². The van der Waals surface area contributed by atoms with E-state index >= 15 is 0 Å². The van der Waals surface area contributed by atoms with Crippen LogP contribution >= 0.6 is 0 Å².